The molecule has 0 unspecified atom stereocenters. The van der Waals surface area contributed by atoms with E-state index in [4.69, 9.17) is 0 Å². The minimum absolute atomic E-state index is 0.127. The van der Waals surface area contributed by atoms with Gasteiger partial charge < -0.3 is 10.2 Å². The highest BCUT2D eigenvalue weighted by molar-refractivity contribution is 5.97. The van der Waals surface area contributed by atoms with Crippen LogP contribution in [0.25, 0.3) is 0 Å². The van der Waals surface area contributed by atoms with E-state index in [9.17, 15) is 9.59 Å². The molecule has 6 nitrogen and oxygen atoms in total. The lowest BCUT2D eigenvalue weighted by Gasteiger charge is -2.42. The first-order valence-electron chi connectivity index (χ1n) is 7.21. The van der Waals surface area contributed by atoms with Crippen LogP contribution in [0.5, 0.6) is 0 Å². The SMILES string of the molecule is CNC(=O)[C@@H]1CN(C(C)C)CCN1C(=O)c1cccnc1. The summed E-state index contributed by atoms with van der Waals surface area (Å²) in [6.45, 7) is 6.07. The average Bonchev–Trinajstić information content (AvgIpc) is 2.53. The number of carbonyl (C=O) groups excluding carboxylic acids is 2. The highest BCUT2D eigenvalue weighted by atomic mass is 16.2. The van der Waals surface area contributed by atoms with E-state index in [1.165, 1.54) is 6.20 Å². The average molecular weight is 290 g/mol. The van der Waals surface area contributed by atoms with E-state index in [0.717, 1.165) is 6.54 Å². The second-order valence-electron chi connectivity index (χ2n) is 5.46. The van der Waals surface area contributed by atoms with Crippen molar-refractivity contribution in [2.24, 2.45) is 0 Å². The summed E-state index contributed by atoms with van der Waals surface area (Å²) in [5, 5.41) is 2.66. The van der Waals surface area contributed by atoms with Crippen molar-refractivity contribution >= 4 is 11.8 Å². The molecule has 2 amide bonds. The zero-order valence-electron chi connectivity index (χ0n) is 12.7. The van der Waals surface area contributed by atoms with Crippen molar-refractivity contribution in [1.29, 1.82) is 0 Å². The van der Waals surface area contributed by atoms with Gasteiger partial charge in [0.15, 0.2) is 0 Å². The van der Waals surface area contributed by atoms with Crippen LogP contribution in [-0.4, -0.2) is 65.4 Å². The van der Waals surface area contributed by atoms with Gasteiger partial charge in [0.25, 0.3) is 5.91 Å². The van der Waals surface area contributed by atoms with Gasteiger partial charge in [-0.15, -0.1) is 0 Å². The van der Waals surface area contributed by atoms with Crippen LogP contribution in [0.15, 0.2) is 24.5 Å². The molecule has 1 atom stereocenters. The third-order valence-electron chi connectivity index (χ3n) is 3.86. The fourth-order valence-electron chi connectivity index (χ4n) is 2.56. The van der Waals surface area contributed by atoms with Crippen LogP contribution in [0.4, 0.5) is 0 Å². The summed E-state index contributed by atoms with van der Waals surface area (Å²) in [6.07, 6.45) is 3.17. The van der Waals surface area contributed by atoms with E-state index in [1.807, 2.05) is 0 Å². The summed E-state index contributed by atoms with van der Waals surface area (Å²) >= 11 is 0. The first kappa shape index (κ1) is 15.4. The quantitative estimate of drug-likeness (QED) is 0.873. The molecule has 1 aliphatic rings. The van der Waals surface area contributed by atoms with Crippen molar-refractivity contribution in [3.05, 3.63) is 30.1 Å². The van der Waals surface area contributed by atoms with Crippen molar-refractivity contribution in [1.82, 2.24) is 20.1 Å². The third kappa shape index (κ3) is 3.39. The molecule has 0 spiro atoms. The first-order chi connectivity index (χ1) is 10.0. The predicted octanol–water partition coefficient (Wildman–Crippen LogP) is 0.362. The fraction of sp³-hybridized carbons (Fsp3) is 0.533. The lowest BCUT2D eigenvalue weighted by Crippen LogP contribution is -2.61. The molecular weight excluding hydrogens is 268 g/mol. The molecule has 2 heterocycles. The smallest absolute Gasteiger partial charge is 0.256 e. The van der Waals surface area contributed by atoms with Gasteiger partial charge in [-0.05, 0) is 26.0 Å². The Balaban J connectivity index is 2.21. The summed E-state index contributed by atoms with van der Waals surface area (Å²) in [5.41, 5.74) is 0.518. The van der Waals surface area contributed by atoms with Gasteiger partial charge in [-0.1, -0.05) is 0 Å². The first-order valence-corrected chi connectivity index (χ1v) is 7.21. The summed E-state index contributed by atoms with van der Waals surface area (Å²) in [7, 11) is 1.60. The number of likely N-dealkylation sites (N-methyl/N-ethyl adjacent to an activating group) is 1. The van der Waals surface area contributed by atoms with Gasteiger partial charge >= 0.3 is 0 Å². The molecule has 0 aliphatic carbocycles. The van der Waals surface area contributed by atoms with Crippen LogP contribution >= 0.6 is 0 Å². The van der Waals surface area contributed by atoms with Crippen LogP contribution in [-0.2, 0) is 4.79 Å². The van der Waals surface area contributed by atoms with Crippen molar-refractivity contribution in [2.75, 3.05) is 26.7 Å². The van der Waals surface area contributed by atoms with E-state index in [-0.39, 0.29) is 11.8 Å². The molecule has 1 aromatic rings. The minimum atomic E-state index is -0.459. The number of rotatable bonds is 3. The molecule has 6 heteroatoms. The van der Waals surface area contributed by atoms with Gasteiger partial charge in [0.1, 0.15) is 6.04 Å². The van der Waals surface area contributed by atoms with Crippen LogP contribution in [0.1, 0.15) is 24.2 Å². The summed E-state index contributed by atoms with van der Waals surface area (Å²) < 4.78 is 0. The van der Waals surface area contributed by atoms with Gasteiger partial charge in [0.2, 0.25) is 5.91 Å². The number of amides is 2. The van der Waals surface area contributed by atoms with Crippen molar-refractivity contribution < 1.29 is 9.59 Å². The molecule has 2 rings (SSSR count). The molecule has 0 radical (unpaired) electrons. The maximum atomic E-state index is 12.6. The molecule has 1 N–H and O–H groups in total. The fourth-order valence-corrected chi connectivity index (χ4v) is 2.56. The molecule has 114 valence electrons. The molecule has 0 aromatic carbocycles. The highest BCUT2D eigenvalue weighted by Gasteiger charge is 2.35. The molecule has 1 aromatic heterocycles. The van der Waals surface area contributed by atoms with Crippen molar-refractivity contribution in [3.63, 3.8) is 0 Å². The molecule has 1 fully saturated rings. The molecular formula is C15H22N4O2. The number of hydrogen-bond donors (Lipinski definition) is 1. The van der Waals surface area contributed by atoms with E-state index in [0.29, 0.717) is 24.7 Å². The Hall–Kier alpha value is -1.95. The van der Waals surface area contributed by atoms with Crippen LogP contribution in [0, 0.1) is 0 Å². The number of piperazine rings is 1. The van der Waals surface area contributed by atoms with Crippen molar-refractivity contribution in [3.8, 4) is 0 Å². The molecule has 0 saturated carbocycles. The normalized spacial score (nSPS) is 19.6. The monoisotopic (exact) mass is 290 g/mol. The number of carbonyl (C=O) groups is 2. The van der Waals surface area contributed by atoms with E-state index >= 15 is 0 Å². The maximum Gasteiger partial charge on any atom is 0.256 e. The third-order valence-corrected chi connectivity index (χ3v) is 3.86. The Morgan fingerprint density at radius 3 is 2.71 bits per heavy atom. The van der Waals surface area contributed by atoms with Crippen LogP contribution < -0.4 is 5.32 Å². The molecule has 21 heavy (non-hydrogen) atoms. The molecule has 0 bridgehead atoms. The number of nitrogens with one attached hydrogen (secondary N) is 1. The van der Waals surface area contributed by atoms with Gasteiger partial charge in [-0.2, -0.15) is 0 Å². The largest absolute Gasteiger partial charge is 0.357 e. The summed E-state index contributed by atoms with van der Waals surface area (Å²) in [4.78, 5) is 32.6. The number of pyridine rings is 1. The van der Waals surface area contributed by atoms with Gasteiger partial charge in [-0.3, -0.25) is 19.5 Å². The van der Waals surface area contributed by atoms with Crippen LogP contribution in [0.3, 0.4) is 0 Å². The lowest BCUT2D eigenvalue weighted by molar-refractivity contribution is -0.127. The second-order valence-corrected chi connectivity index (χ2v) is 5.46. The highest BCUT2D eigenvalue weighted by Crippen LogP contribution is 2.16. The van der Waals surface area contributed by atoms with E-state index in [2.05, 4.69) is 29.0 Å². The Morgan fingerprint density at radius 1 is 1.38 bits per heavy atom. The van der Waals surface area contributed by atoms with Crippen molar-refractivity contribution in [2.45, 2.75) is 25.9 Å². The number of aromatic nitrogens is 1. The van der Waals surface area contributed by atoms with Gasteiger partial charge in [0, 0.05) is 45.1 Å². The Labute approximate surface area is 125 Å². The number of nitrogens with zero attached hydrogens (tertiary/aromatic N) is 3. The lowest BCUT2D eigenvalue weighted by atomic mass is 10.1. The Kier molecular flexibility index (Phi) is 4.90. The number of hydrogen-bond acceptors (Lipinski definition) is 4. The topological polar surface area (TPSA) is 65.5 Å². The Bertz CT molecular complexity index is 504. The van der Waals surface area contributed by atoms with Gasteiger partial charge in [-0.25, -0.2) is 0 Å². The zero-order valence-corrected chi connectivity index (χ0v) is 12.7. The second kappa shape index (κ2) is 6.67. The molecule has 1 aliphatic heterocycles. The molecule has 1 saturated heterocycles. The van der Waals surface area contributed by atoms with E-state index in [1.54, 1.807) is 30.3 Å². The predicted molar refractivity (Wildman–Crippen MR) is 79.8 cm³/mol. The van der Waals surface area contributed by atoms with Crippen LogP contribution in [0.2, 0.25) is 0 Å². The summed E-state index contributed by atoms with van der Waals surface area (Å²) in [5.74, 6) is -0.266. The standard InChI is InChI=1S/C15H22N4O2/c1-11(2)18-7-8-19(13(10-18)14(20)16-3)15(21)12-5-4-6-17-9-12/h4-6,9,11,13H,7-8,10H2,1-3H3,(H,16,20)/t13-/m0/s1. The van der Waals surface area contributed by atoms with E-state index < -0.39 is 6.04 Å². The maximum absolute atomic E-state index is 12.6. The zero-order chi connectivity index (χ0) is 15.4. The minimum Gasteiger partial charge on any atom is -0.357 e. The summed E-state index contributed by atoms with van der Waals surface area (Å²) in [6, 6.07) is 3.35. The Morgan fingerprint density at radius 2 is 2.14 bits per heavy atom. The van der Waals surface area contributed by atoms with Gasteiger partial charge in [0.05, 0.1) is 5.56 Å².